The number of hydrogen-bond donors (Lipinski definition) is 3. The molecule has 6 heteroatoms. The average Bonchev–Trinajstić information content (AvgIpc) is 2.42. The van der Waals surface area contributed by atoms with Gasteiger partial charge in [-0.25, -0.2) is 4.79 Å². The molecule has 110 valence electrons. The van der Waals surface area contributed by atoms with E-state index < -0.39 is 16.8 Å². The van der Waals surface area contributed by atoms with Gasteiger partial charge in [0.25, 0.3) is 0 Å². The van der Waals surface area contributed by atoms with Crippen molar-refractivity contribution in [3.05, 3.63) is 48.0 Å². The Labute approximate surface area is 125 Å². The van der Waals surface area contributed by atoms with E-state index in [0.717, 1.165) is 5.56 Å². The van der Waals surface area contributed by atoms with Gasteiger partial charge in [-0.2, -0.15) is 0 Å². The van der Waals surface area contributed by atoms with Gasteiger partial charge in [0.2, 0.25) is 0 Å². The zero-order chi connectivity index (χ0) is 15.4. The van der Waals surface area contributed by atoms with Crippen LogP contribution in [0.2, 0.25) is 0 Å². The third kappa shape index (κ3) is 4.06. The van der Waals surface area contributed by atoms with Crippen molar-refractivity contribution >= 4 is 28.2 Å². The van der Waals surface area contributed by atoms with Crippen molar-refractivity contribution < 1.29 is 14.1 Å². The average molecular weight is 304 g/mol. The van der Waals surface area contributed by atoms with Crippen LogP contribution in [0, 0.1) is 6.92 Å². The van der Waals surface area contributed by atoms with Gasteiger partial charge in [-0.05, 0) is 48.9 Å². The fraction of sp³-hybridized carbons (Fsp3) is 0.133. The number of benzene rings is 2. The van der Waals surface area contributed by atoms with Crippen LogP contribution in [0.15, 0.2) is 47.4 Å². The Morgan fingerprint density at radius 3 is 2.57 bits per heavy atom. The molecule has 0 aliphatic heterocycles. The lowest BCUT2D eigenvalue weighted by atomic mass is 10.2. The van der Waals surface area contributed by atoms with Crippen molar-refractivity contribution in [2.75, 3.05) is 16.9 Å². The molecule has 2 aromatic rings. The van der Waals surface area contributed by atoms with Crippen molar-refractivity contribution in [1.82, 2.24) is 0 Å². The molecule has 5 nitrogen and oxygen atoms in total. The van der Waals surface area contributed by atoms with Crippen LogP contribution >= 0.6 is 0 Å². The molecule has 1 atom stereocenters. The van der Waals surface area contributed by atoms with Gasteiger partial charge in [-0.3, -0.25) is 4.21 Å². The molecule has 0 aliphatic rings. The van der Waals surface area contributed by atoms with E-state index in [1.54, 1.807) is 49.6 Å². The SMILES string of the molecule is Cc1cc(O)ccc1NC(=O)Nc1cccc([S@@](C)=O)c1. The fourth-order valence-corrected chi connectivity index (χ4v) is 2.39. The van der Waals surface area contributed by atoms with Crippen LogP contribution in [-0.4, -0.2) is 21.6 Å². The van der Waals surface area contributed by atoms with Crippen LogP contribution in [-0.2, 0) is 10.8 Å². The lowest BCUT2D eigenvalue weighted by Gasteiger charge is -2.10. The summed E-state index contributed by atoms with van der Waals surface area (Å²) in [6.45, 7) is 1.79. The van der Waals surface area contributed by atoms with Crippen molar-refractivity contribution in [2.24, 2.45) is 0 Å². The van der Waals surface area contributed by atoms with E-state index in [0.29, 0.717) is 16.3 Å². The fourth-order valence-electron chi connectivity index (χ4n) is 1.83. The maximum absolute atomic E-state index is 11.9. The highest BCUT2D eigenvalue weighted by atomic mass is 32.2. The Balaban J connectivity index is 2.08. The van der Waals surface area contributed by atoms with E-state index in [2.05, 4.69) is 10.6 Å². The zero-order valence-corrected chi connectivity index (χ0v) is 12.5. The second kappa shape index (κ2) is 6.41. The molecule has 3 N–H and O–H groups in total. The topological polar surface area (TPSA) is 78.4 Å². The molecular formula is C15H16N2O3S. The molecule has 0 aliphatic carbocycles. The van der Waals surface area contributed by atoms with E-state index in [1.807, 2.05) is 0 Å². The van der Waals surface area contributed by atoms with E-state index >= 15 is 0 Å². The lowest BCUT2D eigenvalue weighted by Crippen LogP contribution is -2.20. The number of amides is 2. The number of anilines is 2. The molecular weight excluding hydrogens is 288 g/mol. The summed E-state index contributed by atoms with van der Waals surface area (Å²) in [4.78, 5) is 12.6. The predicted molar refractivity (Wildman–Crippen MR) is 84.3 cm³/mol. The van der Waals surface area contributed by atoms with Gasteiger partial charge in [0, 0.05) is 33.3 Å². The smallest absolute Gasteiger partial charge is 0.323 e. The second-order valence-corrected chi connectivity index (χ2v) is 5.94. The van der Waals surface area contributed by atoms with Crippen molar-refractivity contribution in [2.45, 2.75) is 11.8 Å². The Hall–Kier alpha value is -2.34. The number of nitrogens with one attached hydrogen (secondary N) is 2. The Morgan fingerprint density at radius 2 is 1.90 bits per heavy atom. The first-order chi connectivity index (χ1) is 9.95. The molecule has 0 saturated heterocycles. The van der Waals surface area contributed by atoms with Crippen LogP contribution in [0.5, 0.6) is 5.75 Å². The number of phenols is 1. The monoisotopic (exact) mass is 304 g/mol. The summed E-state index contributed by atoms with van der Waals surface area (Å²) in [5.74, 6) is 0.150. The van der Waals surface area contributed by atoms with Gasteiger partial charge in [0.1, 0.15) is 5.75 Å². The molecule has 0 radical (unpaired) electrons. The summed E-state index contributed by atoms with van der Waals surface area (Å²) >= 11 is 0. The van der Waals surface area contributed by atoms with E-state index in [-0.39, 0.29) is 5.75 Å². The second-order valence-electron chi connectivity index (χ2n) is 4.56. The van der Waals surface area contributed by atoms with Gasteiger partial charge in [0.05, 0.1) is 0 Å². The van der Waals surface area contributed by atoms with Crippen LogP contribution in [0.1, 0.15) is 5.56 Å². The highest BCUT2D eigenvalue weighted by Gasteiger charge is 2.06. The van der Waals surface area contributed by atoms with Gasteiger partial charge in [-0.15, -0.1) is 0 Å². The summed E-state index contributed by atoms with van der Waals surface area (Å²) in [5.41, 5.74) is 1.94. The first kappa shape index (κ1) is 15.1. The first-order valence-electron chi connectivity index (χ1n) is 6.27. The Morgan fingerprint density at radius 1 is 1.14 bits per heavy atom. The van der Waals surface area contributed by atoms with Crippen LogP contribution in [0.25, 0.3) is 0 Å². The standard InChI is InChI=1S/C15H16N2O3S/c1-10-8-12(18)6-7-14(10)17-15(19)16-11-4-3-5-13(9-11)21(2)20/h3-9,18H,1-2H3,(H2,16,17,19)/t21-/m1/s1. The summed E-state index contributed by atoms with van der Waals surface area (Å²) in [6, 6.07) is 11.2. The molecule has 2 aromatic carbocycles. The van der Waals surface area contributed by atoms with Gasteiger partial charge < -0.3 is 15.7 Å². The molecule has 0 bridgehead atoms. The molecule has 0 fully saturated rings. The molecule has 0 heterocycles. The van der Waals surface area contributed by atoms with Crippen LogP contribution in [0.3, 0.4) is 0 Å². The number of hydrogen-bond acceptors (Lipinski definition) is 3. The van der Waals surface area contributed by atoms with Crippen LogP contribution < -0.4 is 10.6 Å². The third-order valence-corrected chi connectivity index (χ3v) is 3.80. The van der Waals surface area contributed by atoms with E-state index in [9.17, 15) is 14.1 Å². The molecule has 0 aromatic heterocycles. The van der Waals surface area contributed by atoms with Crippen LogP contribution in [0.4, 0.5) is 16.2 Å². The third-order valence-electron chi connectivity index (χ3n) is 2.88. The molecule has 21 heavy (non-hydrogen) atoms. The quantitative estimate of drug-likeness (QED) is 0.762. The number of carbonyl (C=O) groups is 1. The Kier molecular flexibility index (Phi) is 4.59. The van der Waals surface area contributed by atoms with Crippen molar-refractivity contribution in [3.8, 4) is 5.75 Å². The molecule has 0 unspecified atom stereocenters. The molecule has 2 rings (SSSR count). The summed E-state index contributed by atoms with van der Waals surface area (Å²) in [5, 5.41) is 14.7. The highest BCUT2D eigenvalue weighted by Crippen LogP contribution is 2.20. The first-order valence-corrected chi connectivity index (χ1v) is 7.82. The number of rotatable bonds is 3. The van der Waals surface area contributed by atoms with Gasteiger partial charge in [0.15, 0.2) is 0 Å². The van der Waals surface area contributed by atoms with E-state index in [1.165, 1.54) is 6.07 Å². The summed E-state index contributed by atoms with van der Waals surface area (Å²) in [6.07, 6.45) is 1.58. The van der Waals surface area contributed by atoms with E-state index in [4.69, 9.17) is 0 Å². The number of aromatic hydroxyl groups is 1. The van der Waals surface area contributed by atoms with Gasteiger partial charge in [-0.1, -0.05) is 6.07 Å². The summed E-state index contributed by atoms with van der Waals surface area (Å²) in [7, 11) is -1.10. The minimum Gasteiger partial charge on any atom is -0.508 e. The largest absolute Gasteiger partial charge is 0.508 e. The predicted octanol–water partition coefficient (Wildman–Crippen LogP) is 3.08. The number of urea groups is 1. The normalized spacial score (nSPS) is 11.7. The van der Waals surface area contributed by atoms with Gasteiger partial charge >= 0.3 is 6.03 Å². The Bertz CT molecular complexity index is 701. The number of phenolic OH excluding ortho intramolecular Hbond substituents is 1. The summed E-state index contributed by atoms with van der Waals surface area (Å²) < 4.78 is 11.4. The number of carbonyl (C=O) groups excluding carboxylic acids is 1. The van der Waals surface area contributed by atoms with Crippen molar-refractivity contribution in [1.29, 1.82) is 0 Å². The molecule has 0 saturated carbocycles. The lowest BCUT2D eigenvalue weighted by molar-refractivity contribution is 0.262. The maximum atomic E-state index is 11.9. The number of aryl methyl sites for hydroxylation is 1. The molecule has 2 amide bonds. The maximum Gasteiger partial charge on any atom is 0.323 e. The minimum absolute atomic E-state index is 0.150. The van der Waals surface area contributed by atoms with Crippen molar-refractivity contribution in [3.63, 3.8) is 0 Å². The molecule has 0 spiro atoms. The highest BCUT2D eigenvalue weighted by molar-refractivity contribution is 7.84. The zero-order valence-electron chi connectivity index (χ0n) is 11.7. The minimum atomic E-state index is -1.10.